The number of hydrogen-bond donors (Lipinski definition) is 1. The number of para-hydroxylation sites is 1. The summed E-state index contributed by atoms with van der Waals surface area (Å²) in [5.74, 6) is 0.468. The maximum atomic E-state index is 9.30. The van der Waals surface area contributed by atoms with Crippen LogP contribution in [0.3, 0.4) is 0 Å². The summed E-state index contributed by atoms with van der Waals surface area (Å²) in [6.07, 6.45) is -2.18. The van der Waals surface area contributed by atoms with Crippen LogP contribution in [-0.2, 0) is 0 Å². The van der Waals surface area contributed by atoms with E-state index in [0.29, 0.717) is 11.5 Å². The molecule has 5 heteroatoms. The van der Waals surface area contributed by atoms with E-state index in [9.17, 15) is 5.11 Å². The highest BCUT2D eigenvalue weighted by Crippen LogP contribution is 2.23. The zero-order valence-corrected chi connectivity index (χ0v) is 13.0. The number of benzene rings is 2. The van der Waals surface area contributed by atoms with Crippen LogP contribution in [0.1, 0.15) is 15.1 Å². The Morgan fingerprint density at radius 3 is 2.44 bits per heavy atom. The molecule has 1 aromatic heterocycles. The molecule has 2 aromatic carbocycles. The Bertz CT molecular complexity index is 997. The number of nitrogens with zero attached hydrogens (tertiary/aromatic N) is 1. The van der Waals surface area contributed by atoms with Crippen LogP contribution in [0.2, 0.25) is 0 Å². The Kier molecular flexibility index (Phi) is 3.42. The summed E-state index contributed by atoms with van der Waals surface area (Å²) in [6.45, 7) is -6.36. The predicted molar refractivity (Wildman–Crippen MR) is 94.4 cm³/mol. The SMILES string of the molecule is [2H]C([2H])([2H])C([2H])(Oc1ccc(O)cn1)C([2H])([2H])Oc1ccc(Oc2ccccc2)cc1. The lowest BCUT2D eigenvalue weighted by Gasteiger charge is -2.15. The molecule has 5 nitrogen and oxygen atoms in total. The first-order valence-corrected chi connectivity index (χ1v) is 7.36. The first-order chi connectivity index (χ1) is 14.5. The van der Waals surface area contributed by atoms with E-state index in [0.717, 1.165) is 12.3 Å². The standard InChI is InChI=1S/C20H19NO4/c1-15(24-20-12-7-16(22)13-21-20)14-23-17-8-10-19(11-9-17)25-18-5-3-2-4-6-18/h2-13,15,22H,14H2,1H3/i1D3,14D2,15D. The number of aromatic nitrogens is 1. The molecule has 0 aliphatic heterocycles. The highest BCUT2D eigenvalue weighted by Gasteiger charge is 2.07. The van der Waals surface area contributed by atoms with E-state index in [2.05, 4.69) is 4.98 Å². The summed E-state index contributed by atoms with van der Waals surface area (Å²) in [5, 5.41) is 9.30. The van der Waals surface area contributed by atoms with Crippen LogP contribution in [0.25, 0.3) is 0 Å². The average Bonchev–Trinajstić information content (AvgIpc) is 2.71. The Morgan fingerprint density at radius 1 is 1.04 bits per heavy atom. The molecule has 0 saturated carbocycles. The van der Waals surface area contributed by atoms with Crippen LogP contribution in [-0.4, -0.2) is 22.7 Å². The number of hydrogen-bond acceptors (Lipinski definition) is 5. The molecular formula is C20H19NO4. The summed E-state index contributed by atoms with van der Waals surface area (Å²) < 4.78 is 63.6. The van der Waals surface area contributed by atoms with Gasteiger partial charge in [-0.1, -0.05) is 18.2 Å². The van der Waals surface area contributed by atoms with Gasteiger partial charge in [0.2, 0.25) is 5.88 Å². The zero-order valence-electron chi connectivity index (χ0n) is 19.0. The molecule has 3 rings (SSSR count). The quantitative estimate of drug-likeness (QED) is 0.688. The molecule has 0 saturated heterocycles. The minimum Gasteiger partial charge on any atom is -0.506 e. The van der Waals surface area contributed by atoms with Gasteiger partial charge in [-0.25, -0.2) is 4.98 Å². The average molecular weight is 343 g/mol. The maximum Gasteiger partial charge on any atom is 0.213 e. The molecule has 1 atom stereocenters. The van der Waals surface area contributed by atoms with Gasteiger partial charge in [-0.05, 0) is 49.3 Å². The van der Waals surface area contributed by atoms with E-state index >= 15 is 0 Å². The van der Waals surface area contributed by atoms with Crippen LogP contribution in [0.15, 0.2) is 72.9 Å². The normalized spacial score (nSPS) is 17.4. The monoisotopic (exact) mass is 343 g/mol. The van der Waals surface area contributed by atoms with Crippen molar-refractivity contribution >= 4 is 0 Å². The van der Waals surface area contributed by atoms with Crippen LogP contribution in [0, 0.1) is 0 Å². The van der Waals surface area contributed by atoms with Gasteiger partial charge in [0.05, 0.1) is 10.3 Å². The van der Waals surface area contributed by atoms with Gasteiger partial charge >= 0.3 is 0 Å². The Labute approximate surface area is 154 Å². The van der Waals surface area contributed by atoms with Crippen LogP contribution >= 0.6 is 0 Å². The van der Waals surface area contributed by atoms with Gasteiger partial charge in [0.25, 0.3) is 0 Å². The van der Waals surface area contributed by atoms with Crippen molar-refractivity contribution < 1.29 is 27.5 Å². The molecule has 0 aliphatic carbocycles. The Balaban J connectivity index is 1.80. The van der Waals surface area contributed by atoms with Gasteiger partial charge in [0.1, 0.15) is 35.6 Å². The van der Waals surface area contributed by atoms with Crippen molar-refractivity contribution in [1.29, 1.82) is 0 Å². The van der Waals surface area contributed by atoms with E-state index in [1.807, 2.05) is 18.2 Å². The van der Waals surface area contributed by atoms with Gasteiger partial charge in [0.15, 0.2) is 0 Å². The molecule has 0 fully saturated rings. The first kappa shape index (κ1) is 10.6. The highest BCUT2D eigenvalue weighted by atomic mass is 16.5. The summed E-state index contributed by atoms with van der Waals surface area (Å²) in [6, 6.07) is 17.1. The Hall–Kier alpha value is -3.21. The molecular weight excluding hydrogens is 318 g/mol. The second-order valence-corrected chi connectivity index (χ2v) is 4.88. The van der Waals surface area contributed by atoms with Gasteiger partial charge in [0, 0.05) is 10.2 Å². The zero-order chi connectivity index (χ0) is 22.7. The summed E-state index contributed by atoms with van der Waals surface area (Å²) >= 11 is 0. The molecule has 25 heavy (non-hydrogen) atoms. The van der Waals surface area contributed by atoms with Crippen molar-refractivity contribution in [2.45, 2.75) is 12.9 Å². The van der Waals surface area contributed by atoms with Crippen molar-refractivity contribution in [1.82, 2.24) is 4.98 Å². The molecule has 0 aliphatic rings. The molecule has 128 valence electrons. The lowest BCUT2D eigenvalue weighted by molar-refractivity contribution is 0.138. The van der Waals surface area contributed by atoms with Gasteiger partial charge < -0.3 is 19.3 Å². The second kappa shape index (κ2) is 8.06. The van der Waals surface area contributed by atoms with Crippen LogP contribution in [0.5, 0.6) is 28.9 Å². The number of rotatable bonds is 7. The van der Waals surface area contributed by atoms with E-state index in [1.165, 1.54) is 30.3 Å². The van der Waals surface area contributed by atoms with E-state index in [4.69, 9.17) is 22.4 Å². The van der Waals surface area contributed by atoms with Gasteiger partial charge in [-0.3, -0.25) is 0 Å². The third-order valence-electron chi connectivity index (χ3n) is 2.99. The molecule has 1 unspecified atom stereocenters. The topological polar surface area (TPSA) is 60.8 Å². The smallest absolute Gasteiger partial charge is 0.213 e. The molecule has 0 spiro atoms. The van der Waals surface area contributed by atoms with Crippen molar-refractivity contribution in [3.8, 4) is 28.9 Å². The fourth-order valence-corrected chi connectivity index (χ4v) is 1.86. The molecule has 0 radical (unpaired) electrons. The molecule has 1 heterocycles. The third kappa shape index (κ3) is 5.14. The van der Waals surface area contributed by atoms with Gasteiger partial charge in [-0.15, -0.1) is 0 Å². The van der Waals surface area contributed by atoms with E-state index in [1.54, 1.807) is 12.1 Å². The molecule has 1 N–H and O–H groups in total. The van der Waals surface area contributed by atoms with E-state index < -0.39 is 19.5 Å². The van der Waals surface area contributed by atoms with Gasteiger partial charge in [-0.2, -0.15) is 0 Å². The largest absolute Gasteiger partial charge is 0.506 e. The van der Waals surface area contributed by atoms with Crippen molar-refractivity contribution in [2.24, 2.45) is 0 Å². The number of ether oxygens (including phenoxy) is 3. The third-order valence-corrected chi connectivity index (χ3v) is 2.99. The Morgan fingerprint density at radius 2 is 1.76 bits per heavy atom. The number of pyridine rings is 1. The minimum atomic E-state index is -3.24. The lowest BCUT2D eigenvalue weighted by atomic mass is 10.3. The number of aromatic hydroxyl groups is 1. The first-order valence-electron chi connectivity index (χ1n) is 10.4. The molecule has 0 bridgehead atoms. The van der Waals surface area contributed by atoms with Crippen molar-refractivity contribution in [3.05, 3.63) is 72.9 Å². The van der Waals surface area contributed by atoms with Crippen molar-refractivity contribution in [2.75, 3.05) is 6.56 Å². The molecule has 0 amide bonds. The highest BCUT2D eigenvalue weighted by molar-refractivity contribution is 5.35. The minimum absolute atomic E-state index is 0.0337. The fourth-order valence-electron chi connectivity index (χ4n) is 1.86. The summed E-state index contributed by atoms with van der Waals surface area (Å²) in [7, 11) is 0. The van der Waals surface area contributed by atoms with Crippen molar-refractivity contribution in [3.63, 3.8) is 0 Å². The van der Waals surface area contributed by atoms with Crippen LogP contribution in [0.4, 0.5) is 0 Å². The lowest BCUT2D eigenvalue weighted by Crippen LogP contribution is -2.21. The van der Waals surface area contributed by atoms with E-state index in [-0.39, 0.29) is 17.4 Å². The van der Waals surface area contributed by atoms with Crippen LogP contribution < -0.4 is 14.2 Å². The summed E-state index contributed by atoms with van der Waals surface area (Å²) in [4.78, 5) is 3.67. The predicted octanol–water partition coefficient (Wildman–Crippen LogP) is 4.43. The summed E-state index contributed by atoms with van der Waals surface area (Å²) in [5.41, 5.74) is 0. The molecule has 3 aromatic rings. The fraction of sp³-hybridized carbons (Fsp3) is 0.150. The second-order valence-electron chi connectivity index (χ2n) is 4.88. The maximum absolute atomic E-state index is 9.30.